The average Bonchev–Trinajstić information content (AvgIpc) is 2.86. The molecule has 0 unspecified atom stereocenters. The quantitative estimate of drug-likeness (QED) is 0.805. The number of piperidine rings is 1. The van der Waals surface area contributed by atoms with Gasteiger partial charge in [-0.3, -0.25) is 4.79 Å². The molecule has 0 atom stereocenters. The van der Waals surface area contributed by atoms with E-state index in [9.17, 15) is 22.0 Å². The van der Waals surface area contributed by atoms with Crippen molar-refractivity contribution in [3.8, 4) is 11.5 Å². The van der Waals surface area contributed by atoms with Crippen molar-refractivity contribution in [2.75, 3.05) is 18.8 Å². The first-order valence-corrected chi connectivity index (χ1v) is 9.74. The second kappa shape index (κ2) is 6.44. The number of amides is 1. The molecule has 2 heterocycles. The van der Waals surface area contributed by atoms with Crippen LogP contribution in [0.25, 0.3) is 0 Å². The molecule has 0 bridgehead atoms. The van der Waals surface area contributed by atoms with E-state index < -0.39 is 21.4 Å². The van der Waals surface area contributed by atoms with Crippen LogP contribution < -0.4 is 9.47 Å². The SMILES string of the molecule is CC(=O)N1CCC(S(=O)(=O)CCc2ccc3c(c2)OC(F)(F)O3)CC1. The van der Waals surface area contributed by atoms with Crippen LogP contribution in [-0.4, -0.2) is 49.6 Å². The van der Waals surface area contributed by atoms with Gasteiger partial charge in [0.05, 0.1) is 11.0 Å². The summed E-state index contributed by atoms with van der Waals surface area (Å²) in [6.07, 6.45) is -2.63. The minimum atomic E-state index is -3.68. The molecular formula is C16H19F2NO5S. The van der Waals surface area contributed by atoms with E-state index in [4.69, 9.17) is 0 Å². The zero-order valence-corrected chi connectivity index (χ0v) is 14.5. The molecule has 25 heavy (non-hydrogen) atoms. The van der Waals surface area contributed by atoms with Gasteiger partial charge < -0.3 is 14.4 Å². The summed E-state index contributed by atoms with van der Waals surface area (Å²) in [5, 5.41) is -0.471. The molecular weight excluding hydrogens is 356 g/mol. The molecule has 0 N–H and O–H groups in total. The molecule has 6 nitrogen and oxygen atoms in total. The van der Waals surface area contributed by atoms with Gasteiger partial charge in [0.25, 0.3) is 0 Å². The van der Waals surface area contributed by atoms with Crippen molar-refractivity contribution in [2.24, 2.45) is 0 Å². The number of likely N-dealkylation sites (tertiary alicyclic amines) is 1. The number of halogens is 2. The Hall–Kier alpha value is -1.90. The fourth-order valence-corrected chi connectivity index (χ4v) is 4.89. The molecule has 0 saturated carbocycles. The van der Waals surface area contributed by atoms with Gasteiger partial charge in [-0.05, 0) is 37.0 Å². The minimum Gasteiger partial charge on any atom is -0.395 e. The van der Waals surface area contributed by atoms with E-state index in [1.165, 1.54) is 19.1 Å². The van der Waals surface area contributed by atoms with Crippen LogP contribution in [0.5, 0.6) is 11.5 Å². The van der Waals surface area contributed by atoms with Crippen LogP contribution in [0.2, 0.25) is 0 Å². The van der Waals surface area contributed by atoms with Crippen LogP contribution in [0.3, 0.4) is 0 Å². The van der Waals surface area contributed by atoms with Gasteiger partial charge in [-0.2, -0.15) is 0 Å². The Labute approximate surface area is 144 Å². The van der Waals surface area contributed by atoms with Crippen LogP contribution in [0.1, 0.15) is 25.3 Å². The number of hydrogen-bond acceptors (Lipinski definition) is 5. The van der Waals surface area contributed by atoms with Crippen molar-refractivity contribution >= 4 is 15.7 Å². The van der Waals surface area contributed by atoms with Gasteiger partial charge in [-0.15, -0.1) is 8.78 Å². The lowest BCUT2D eigenvalue weighted by Crippen LogP contribution is -2.42. The predicted octanol–water partition coefficient (Wildman–Crippen LogP) is 1.98. The normalized spacial score (nSPS) is 19.9. The van der Waals surface area contributed by atoms with Gasteiger partial charge in [-0.25, -0.2) is 8.42 Å². The molecule has 2 aliphatic rings. The molecule has 1 aromatic rings. The maximum atomic E-state index is 13.0. The number of ether oxygens (including phenoxy) is 2. The topological polar surface area (TPSA) is 72.9 Å². The Morgan fingerprint density at radius 2 is 1.88 bits per heavy atom. The average molecular weight is 375 g/mol. The monoisotopic (exact) mass is 375 g/mol. The summed E-state index contributed by atoms with van der Waals surface area (Å²) in [6, 6.07) is 4.28. The van der Waals surface area contributed by atoms with E-state index >= 15 is 0 Å². The molecule has 138 valence electrons. The molecule has 3 rings (SSSR count). The molecule has 1 saturated heterocycles. The zero-order valence-electron chi connectivity index (χ0n) is 13.7. The predicted molar refractivity (Wildman–Crippen MR) is 85.4 cm³/mol. The van der Waals surface area contributed by atoms with Gasteiger partial charge >= 0.3 is 6.29 Å². The summed E-state index contributed by atoms with van der Waals surface area (Å²) < 4.78 is 59.7. The first-order valence-electron chi connectivity index (χ1n) is 8.02. The number of hydrogen-bond donors (Lipinski definition) is 0. The van der Waals surface area contributed by atoms with E-state index in [1.807, 2.05) is 0 Å². The highest BCUT2D eigenvalue weighted by Crippen LogP contribution is 2.41. The van der Waals surface area contributed by atoms with E-state index in [0.717, 1.165) is 0 Å². The summed E-state index contributed by atoms with van der Waals surface area (Å²) in [7, 11) is -3.33. The van der Waals surface area contributed by atoms with E-state index in [-0.39, 0.29) is 29.6 Å². The Morgan fingerprint density at radius 1 is 1.24 bits per heavy atom. The number of carbonyl (C=O) groups excluding carboxylic acids is 1. The van der Waals surface area contributed by atoms with Gasteiger partial charge in [0.15, 0.2) is 21.3 Å². The van der Waals surface area contributed by atoms with Crippen molar-refractivity contribution in [2.45, 2.75) is 37.7 Å². The van der Waals surface area contributed by atoms with Crippen LogP contribution in [0.15, 0.2) is 18.2 Å². The van der Waals surface area contributed by atoms with Gasteiger partial charge in [0.1, 0.15) is 0 Å². The highest BCUT2D eigenvalue weighted by Gasteiger charge is 2.43. The third-order valence-electron chi connectivity index (χ3n) is 4.54. The highest BCUT2D eigenvalue weighted by atomic mass is 32.2. The molecule has 9 heteroatoms. The number of fused-ring (bicyclic) bond motifs is 1. The molecule has 1 fully saturated rings. The molecule has 2 aliphatic heterocycles. The number of sulfone groups is 1. The van der Waals surface area contributed by atoms with Crippen molar-refractivity contribution in [3.63, 3.8) is 0 Å². The van der Waals surface area contributed by atoms with Crippen LogP contribution >= 0.6 is 0 Å². The molecule has 1 aromatic carbocycles. The summed E-state index contributed by atoms with van der Waals surface area (Å²) in [5.41, 5.74) is 0.588. The number of alkyl halides is 2. The lowest BCUT2D eigenvalue weighted by Gasteiger charge is -2.31. The smallest absolute Gasteiger partial charge is 0.395 e. The lowest BCUT2D eigenvalue weighted by molar-refractivity contribution is -0.286. The second-order valence-corrected chi connectivity index (χ2v) is 8.67. The number of nitrogens with zero attached hydrogens (tertiary/aromatic N) is 1. The molecule has 1 amide bonds. The first-order chi connectivity index (χ1) is 11.7. The lowest BCUT2D eigenvalue weighted by atomic mass is 10.1. The van der Waals surface area contributed by atoms with E-state index in [2.05, 4.69) is 9.47 Å². The van der Waals surface area contributed by atoms with Crippen LogP contribution in [0, 0.1) is 0 Å². The number of aryl methyl sites for hydroxylation is 1. The third kappa shape index (κ3) is 4.02. The fraction of sp³-hybridized carbons (Fsp3) is 0.562. The molecule has 0 aromatic heterocycles. The van der Waals surface area contributed by atoms with Crippen LogP contribution in [-0.2, 0) is 21.1 Å². The first kappa shape index (κ1) is 17.9. The van der Waals surface area contributed by atoms with Crippen molar-refractivity contribution in [3.05, 3.63) is 23.8 Å². The summed E-state index contributed by atoms with van der Waals surface area (Å²) in [4.78, 5) is 12.9. The molecule has 0 radical (unpaired) electrons. The van der Waals surface area contributed by atoms with Crippen LogP contribution in [0.4, 0.5) is 8.78 Å². The van der Waals surface area contributed by atoms with Gasteiger partial charge in [-0.1, -0.05) is 6.07 Å². The van der Waals surface area contributed by atoms with E-state index in [1.54, 1.807) is 11.0 Å². The largest absolute Gasteiger partial charge is 0.586 e. The maximum Gasteiger partial charge on any atom is 0.586 e. The Kier molecular flexibility index (Phi) is 4.61. The fourth-order valence-electron chi connectivity index (χ4n) is 3.11. The Bertz CT molecular complexity index is 773. The van der Waals surface area contributed by atoms with Crippen molar-refractivity contribution < 1.29 is 31.5 Å². The number of carbonyl (C=O) groups is 1. The third-order valence-corrected chi connectivity index (χ3v) is 6.80. The summed E-state index contributed by atoms with van der Waals surface area (Å²) in [5.74, 6) is -0.274. The molecule has 0 aliphatic carbocycles. The summed E-state index contributed by atoms with van der Waals surface area (Å²) >= 11 is 0. The molecule has 0 spiro atoms. The summed E-state index contributed by atoms with van der Waals surface area (Å²) in [6.45, 7) is 2.36. The highest BCUT2D eigenvalue weighted by molar-refractivity contribution is 7.92. The zero-order chi connectivity index (χ0) is 18.2. The van der Waals surface area contributed by atoms with E-state index in [0.29, 0.717) is 31.5 Å². The van der Waals surface area contributed by atoms with Gasteiger partial charge in [0.2, 0.25) is 5.91 Å². The maximum absolute atomic E-state index is 13.0. The number of benzene rings is 1. The Morgan fingerprint density at radius 3 is 2.52 bits per heavy atom. The second-order valence-electron chi connectivity index (χ2n) is 6.27. The standard InChI is InChI=1S/C16H19F2NO5S/c1-11(20)19-7-4-13(5-8-19)25(21,22)9-6-12-2-3-14-15(10-12)24-16(17,18)23-14/h2-3,10,13H,4-9H2,1H3. The van der Waals surface area contributed by atoms with Gasteiger partial charge in [0, 0.05) is 20.0 Å². The number of rotatable bonds is 4. The minimum absolute atomic E-state index is 0.0481. The van der Waals surface area contributed by atoms with Crippen molar-refractivity contribution in [1.82, 2.24) is 4.90 Å². The van der Waals surface area contributed by atoms with Crippen molar-refractivity contribution in [1.29, 1.82) is 0 Å². The Balaban J connectivity index is 1.59.